The molecule has 0 radical (unpaired) electrons. The monoisotopic (exact) mass is 757 g/mol. The molecule has 282 valence electrons. The quantitative estimate of drug-likeness (QED) is 0.0487. The summed E-state index contributed by atoms with van der Waals surface area (Å²) >= 11 is 0. The molecule has 55 heavy (non-hydrogen) atoms. The fraction of sp³-hybridized carbons (Fsp3) is 0.318. The first-order chi connectivity index (χ1) is 26.6. The number of rotatable bonds is 15. The van der Waals surface area contributed by atoms with Crippen molar-refractivity contribution in [2.45, 2.75) is 50.8 Å². The van der Waals surface area contributed by atoms with Crippen LogP contribution in [0.25, 0.3) is 43.1 Å². The highest BCUT2D eigenvalue weighted by atomic mass is 32.2. The van der Waals surface area contributed by atoms with Crippen LogP contribution in [0.1, 0.15) is 87.4 Å². The Labute approximate surface area is 319 Å². The van der Waals surface area contributed by atoms with Crippen molar-refractivity contribution in [3.8, 4) is 0 Å². The normalized spacial score (nSPS) is 15.1. The van der Waals surface area contributed by atoms with E-state index >= 15 is 0 Å². The maximum absolute atomic E-state index is 14.1. The van der Waals surface area contributed by atoms with Crippen LogP contribution >= 0.6 is 0 Å². The van der Waals surface area contributed by atoms with E-state index in [2.05, 4.69) is 19.2 Å². The van der Waals surface area contributed by atoms with E-state index in [1.165, 1.54) is 50.6 Å². The first kappa shape index (κ1) is 36.7. The van der Waals surface area contributed by atoms with Crippen LogP contribution in [-0.2, 0) is 14.6 Å². The third-order valence-electron chi connectivity index (χ3n) is 11.4. The van der Waals surface area contributed by atoms with Crippen molar-refractivity contribution in [3.05, 3.63) is 95.1 Å². The number of hydrogen-bond donors (Lipinski definition) is 1. The summed E-state index contributed by atoms with van der Waals surface area (Å²) in [5, 5.41) is 9.15. The lowest BCUT2D eigenvalue weighted by Crippen LogP contribution is -2.40. The Balaban J connectivity index is 1.01. The second-order valence-electron chi connectivity index (χ2n) is 14.7. The number of hydrogen-bond acceptors (Lipinski definition) is 8. The van der Waals surface area contributed by atoms with E-state index in [1.807, 2.05) is 24.3 Å². The fourth-order valence-corrected chi connectivity index (χ4v) is 9.52. The average molecular weight is 758 g/mol. The maximum Gasteiger partial charge on any atom is 0.265 e. The van der Waals surface area contributed by atoms with Gasteiger partial charge in [-0.05, 0) is 106 Å². The molecule has 2 heterocycles. The third-order valence-corrected chi connectivity index (χ3v) is 13.1. The molecule has 1 N–H and O–H groups in total. The number of ether oxygens (including phenoxy) is 1. The van der Waals surface area contributed by atoms with Crippen molar-refractivity contribution in [1.82, 2.24) is 10.2 Å². The Morgan fingerprint density at radius 3 is 1.64 bits per heavy atom. The van der Waals surface area contributed by atoms with Gasteiger partial charge in [0.2, 0.25) is 0 Å². The summed E-state index contributed by atoms with van der Waals surface area (Å²) in [7, 11) is -2.14. The molecular formula is C44H43N3O7S. The number of nitrogens with zero attached hydrogens (tertiary/aromatic N) is 2. The van der Waals surface area contributed by atoms with Crippen LogP contribution in [0.2, 0.25) is 0 Å². The van der Waals surface area contributed by atoms with E-state index in [-0.39, 0.29) is 28.2 Å². The first-order valence-corrected chi connectivity index (χ1v) is 20.7. The SMILES string of the molecule is CCCCC(CC)COCCCNCCS(=O)(=O)c1ccc(N2C(=O)c3ccc4c5ccc6c7c(ccc(c8ccc(c3c48)C2=O)c75)C(=O)N(C)C6=O)cc1. The van der Waals surface area contributed by atoms with E-state index in [0.717, 1.165) is 61.6 Å². The van der Waals surface area contributed by atoms with Crippen LogP contribution in [0, 0.1) is 5.92 Å². The van der Waals surface area contributed by atoms with Gasteiger partial charge in [0.05, 0.1) is 16.3 Å². The van der Waals surface area contributed by atoms with Gasteiger partial charge in [-0.3, -0.25) is 24.1 Å². The molecule has 6 aromatic rings. The number of amides is 4. The molecule has 0 bridgehead atoms. The Hall–Kier alpha value is -5.23. The Morgan fingerprint density at radius 1 is 0.636 bits per heavy atom. The van der Waals surface area contributed by atoms with Gasteiger partial charge in [-0.1, -0.05) is 57.4 Å². The predicted molar refractivity (Wildman–Crippen MR) is 215 cm³/mol. The summed E-state index contributed by atoms with van der Waals surface area (Å²) in [6.45, 7) is 6.73. The topological polar surface area (TPSA) is 130 Å². The van der Waals surface area contributed by atoms with Crippen molar-refractivity contribution in [3.63, 3.8) is 0 Å². The molecule has 8 rings (SSSR count). The molecule has 2 aliphatic rings. The highest BCUT2D eigenvalue weighted by Crippen LogP contribution is 2.46. The number of carbonyl (C=O) groups is 4. The molecular weight excluding hydrogens is 715 g/mol. The minimum atomic E-state index is -3.62. The highest BCUT2D eigenvalue weighted by Gasteiger charge is 2.37. The van der Waals surface area contributed by atoms with E-state index in [1.54, 1.807) is 24.3 Å². The summed E-state index contributed by atoms with van der Waals surface area (Å²) in [5.74, 6) is -1.24. The van der Waals surface area contributed by atoms with Crippen LogP contribution in [0.5, 0.6) is 0 Å². The Morgan fingerprint density at radius 2 is 1.15 bits per heavy atom. The van der Waals surface area contributed by atoms with Crippen LogP contribution in [0.3, 0.4) is 0 Å². The molecule has 4 amide bonds. The number of unbranched alkanes of at least 4 members (excludes halogenated alkanes) is 1. The number of sulfone groups is 1. The van der Waals surface area contributed by atoms with Crippen LogP contribution in [0.15, 0.2) is 77.7 Å². The second-order valence-corrected chi connectivity index (χ2v) is 16.8. The van der Waals surface area contributed by atoms with Gasteiger partial charge in [0.15, 0.2) is 9.84 Å². The predicted octanol–water partition coefficient (Wildman–Crippen LogP) is 7.75. The van der Waals surface area contributed by atoms with Crippen molar-refractivity contribution in [1.29, 1.82) is 0 Å². The first-order valence-electron chi connectivity index (χ1n) is 19.1. The summed E-state index contributed by atoms with van der Waals surface area (Å²) in [6, 6.07) is 20.3. The smallest absolute Gasteiger partial charge is 0.265 e. The zero-order valence-electron chi connectivity index (χ0n) is 31.2. The Kier molecular flexibility index (Phi) is 9.65. The molecule has 0 aromatic heterocycles. The van der Waals surface area contributed by atoms with Crippen molar-refractivity contribution in [2.75, 3.05) is 44.0 Å². The molecule has 0 spiro atoms. The van der Waals surface area contributed by atoms with Gasteiger partial charge in [-0.15, -0.1) is 0 Å². The van der Waals surface area contributed by atoms with Gasteiger partial charge in [-0.2, -0.15) is 0 Å². The summed E-state index contributed by atoms with van der Waals surface area (Å²) in [6.07, 6.45) is 5.50. The molecule has 10 nitrogen and oxygen atoms in total. The lowest BCUT2D eigenvalue weighted by molar-refractivity contribution is 0.0649. The van der Waals surface area contributed by atoms with Crippen LogP contribution in [0.4, 0.5) is 5.69 Å². The second kappa shape index (κ2) is 14.4. The molecule has 0 aliphatic carbocycles. The molecule has 1 atom stereocenters. The molecule has 11 heteroatoms. The van der Waals surface area contributed by atoms with Gasteiger partial charge < -0.3 is 10.1 Å². The standard InChI is InChI=1S/C44H43N3O7S/c1-4-6-8-26(5-2)25-54-23-7-21-45-22-24-55(52,53)28-11-9-27(10-12-28)47-43(50)35-19-15-31-29-13-17-33-39-34(42(49)46(3)41(33)48)18-14-30(37(29)39)32-16-20-36(44(47)51)40(35)38(31)32/h9-20,26,45H,4-8,21-25H2,1-3H3. The number of benzene rings is 6. The van der Waals surface area contributed by atoms with Crippen molar-refractivity contribution < 1.29 is 32.3 Å². The molecule has 6 aromatic carbocycles. The minimum Gasteiger partial charge on any atom is -0.381 e. The summed E-state index contributed by atoms with van der Waals surface area (Å²) in [4.78, 5) is 56.9. The van der Waals surface area contributed by atoms with Gasteiger partial charge in [0.25, 0.3) is 23.6 Å². The lowest BCUT2D eigenvalue weighted by atomic mass is 9.82. The van der Waals surface area contributed by atoms with E-state index in [9.17, 15) is 27.6 Å². The Bertz CT molecular complexity index is 2530. The van der Waals surface area contributed by atoms with E-state index in [0.29, 0.717) is 58.6 Å². The summed E-state index contributed by atoms with van der Waals surface area (Å²) in [5.41, 5.74) is 1.89. The van der Waals surface area contributed by atoms with Crippen LogP contribution < -0.4 is 10.2 Å². The van der Waals surface area contributed by atoms with Crippen LogP contribution in [-0.4, -0.2) is 76.1 Å². The van der Waals surface area contributed by atoms with Crippen molar-refractivity contribution in [2.24, 2.45) is 5.92 Å². The maximum atomic E-state index is 14.1. The number of carbonyl (C=O) groups excluding carboxylic acids is 4. The zero-order chi connectivity index (χ0) is 38.6. The van der Waals surface area contributed by atoms with E-state index < -0.39 is 21.7 Å². The largest absolute Gasteiger partial charge is 0.381 e. The van der Waals surface area contributed by atoms with Gasteiger partial charge in [-0.25, -0.2) is 13.3 Å². The number of fused-ring (bicyclic) bond motifs is 2. The van der Waals surface area contributed by atoms with Gasteiger partial charge >= 0.3 is 0 Å². The third kappa shape index (κ3) is 6.05. The number of anilines is 1. The van der Waals surface area contributed by atoms with Crippen molar-refractivity contribution >= 4 is 82.2 Å². The number of imide groups is 2. The molecule has 1 unspecified atom stereocenters. The number of nitrogens with one attached hydrogen (secondary N) is 1. The van der Waals surface area contributed by atoms with Gasteiger partial charge in [0, 0.05) is 59.8 Å². The minimum absolute atomic E-state index is 0.0904. The molecule has 2 aliphatic heterocycles. The lowest BCUT2D eigenvalue weighted by Gasteiger charge is -2.29. The fourth-order valence-electron chi connectivity index (χ4n) is 8.32. The highest BCUT2D eigenvalue weighted by molar-refractivity contribution is 7.91. The van der Waals surface area contributed by atoms with E-state index in [4.69, 9.17) is 4.74 Å². The average Bonchev–Trinajstić information content (AvgIpc) is 3.19. The summed E-state index contributed by atoms with van der Waals surface area (Å²) < 4.78 is 32.2. The molecule has 0 saturated heterocycles. The zero-order valence-corrected chi connectivity index (χ0v) is 32.1. The molecule has 0 fully saturated rings. The molecule has 0 saturated carbocycles. The van der Waals surface area contributed by atoms with Gasteiger partial charge in [0.1, 0.15) is 0 Å².